The summed E-state index contributed by atoms with van der Waals surface area (Å²) in [4.78, 5) is 11.8. The van der Waals surface area contributed by atoms with Gasteiger partial charge in [-0.15, -0.1) is 0 Å². The zero-order valence-electron chi connectivity index (χ0n) is 12.4. The van der Waals surface area contributed by atoms with E-state index in [9.17, 15) is 4.79 Å². The molecule has 1 rings (SSSR count). The topological polar surface area (TPSA) is 58.6 Å². The van der Waals surface area contributed by atoms with Crippen molar-refractivity contribution in [2.45, 2.75) is 33.3 Å². The second-order valence-electron chi connectivity index (χ2n) is 5.46. The van der Waals surface area contributed by atoms with Crippen LogP contribution < -0.4 is 5.32 Å². The maximum Gasteiger partial charge on any atom is 0.250 e. The Morgan fingerprint density at radius 3 is 2.70 bits per heavy atom. The van der Waals surface area contributed by atoms with Gasteiger partial charge in [-0.25, -0.2) is 0 Å². The van der Waals surface area contributed by atoms with Crippen LogP contribution in [0, 0.1) is 18.8 Å². The first-order chi connectivity index (χ1) is 9.31. The molecule has 0 atom stereocenters. The van der Waals surface area contributed by atoms with Crippen molar-refractivity contribution in [1.82, 2.24) is 0 Å². The molecule has 20 heavy (non-hydrogen) atoms. The molecule has 1 aromatic rings. The first-order valence-electron chi connectivity index (χ1n) is 6.46. The first kappa shape index (κ1) is 16.2. The molecule has 0 saturated carbocycles. The van der Waals surface area contributed by atoms with E-state index in [-0.39, 0.29) is 24.7 Å². The minimum atomic E-state index is -0.357. The summed E-state index contributed by atoms with van der Waals surface area (Å²) < 4.78 is 5.42. The zero-order valence-corrected chi connectivity index (χ0v) is 12.4. The Labute approximate surface area is 120 Å². The van der Waals surface area contributed by atoms with Crippen molar-refractivity contribution in [2.24, 2.45) is 0 Å². The van der Waals surface area contributed by atoms with Crippen molar-refractivity contribution in [1.29, 1.82) is 0 Å². The van der Waals surface area contributed by atoms with Gasteiger partial charge in [0.05, 0.1) is 11.3 Å². The third-order valence-corrected chi connectivity index (χ3v) is 2.39. The van der Waals surface area contributed by atoms with Crippen molar-refractivity contribution in [2.75, 3.05) is 18.5 Å². The molecule has 0 radical (unpaired) electrons. The Balaban J connectivity index is 2.79. The predicted octanol–water partition coefficient (Wildman–Crippen LogP) is 2.09. The summed E-state index contributed by atoms with van der Waals surface area (Å²) in [5, 5.41) is 11.5. The molecule has 1 aromatic carbocycles. The molecule has 4 nitrogen and oxygen atoms in total. The number of aliphatic hydroxyl groups excluding tert-OH is 1. The van der Waals surface area contributed by atoms with Crippen LogP contribution in [0.1, 0.15) is 31.9 Å². The van der Waals surface area contributed by atoms with E-state index in [2.05, 4.69) is 17.2 Å². The standard InChI is InChI=1S/C16H21NO3/c1-12-7-8-14(13(10-12)6-5-9-18)17-15(19)11-20-16(2,3)4/h7-8,10,18H,9,11H2,1-4H3,(H,17,19). The largest absolute Gasteiger partial charge is 0.384 e. The summed E-state index contributed by atoms with van der Waals surface area (Å²) in [6, 6.07) is 5.55. The zero-order chi connectivity index (χ0) is 15.2. The van der Waals surface area contributed by atoms with Crippen LogP contribution in [-0.2, 0) is 9.53 Å². The fourth-order valence-corrected chi connectivity index (χ4v) is 1.47. The summed E-state index contributed by atoms with van der Waals surface area (Å²) in [7, 11) is 0. The van der Waals surface area contributed by atoms with Crippen LogP contribution >= 0.6 is 0 Å². The average Bonchev–Trinajstić information content (AvgIpc) is 2.36. The minimum absolute atomic E-state index is 0.00968. The first-order valence-corrected chi connectivity index (χ1v) is 6.46. The number of carbonyl (C=O) groups excluding carboxylic acids is 1. The maximum atomic E-state index is 11.8. The van der Waals surface area contributed by atoms with E-state index in [0.717, 1.165) is 5.56 Å². The monoisotopic (exact) mass is 275 g/mol. The lowest BCUT2D eigenvalue weighted by Crippen LogP contribution is -2.27. The van der Waals surface area contributed by atoms with Gasteiger partial charge >= 0.3 is 0 Å². The Bertz CT molecular complexity index is 533. The minimum Gasteiger partial charge on any atom is -0.384 e. The summed E-state index contributed by atoms with van der Waals surface area (Å²) in [5.41, 5.74) is 1.99. The molecular weight excluding hydrogens is 254 g/mol. The molecule has 0 aromatic heterocycles. The number of amides is 1. The molecule has 0 saturated heterocycles. The van der Waals surface area contributed by atoms with Gasteiger partial charge in [-0.3, -0.25) is 4.79 Å². The van der Waals surface area contributed by atoms with E-state index < -0.39 is 0 Å². The fraction of sp³-hybridized carbons (Fsp3) is 0.438. The normalized spacial score (nSPS) is 10.7. The molecule has 0 spiro atoms. The number of benzene rings is 1. The molecule has 0 unspecified atom stereocenters. The molecule has 0 heterocycles. The van der Waals surface area contributed by atoms with Crippen molar-refractivity contribution in [3.63, 3.8) is 0 Å². The van der Waals surface area contributed by atoms with Gasteiger partial charge in [0.25, 0.3) is 0 Å². The third kappa shape index (κ3) is 5.87. The summed E-state index contributed by atoms with van der Waals surface area (Å²) in [6.07, 6.45) is 0. The number of hydrogen-bond acceptors (Lipinski definition) is 3. The molecule has 0 aliphatic rings. The number of aliphatic hydroxyl groups is 1. The molecule has 2 N–H and O–H groups in total. The molecule has 1 amide bonds. The lowest BCUT2D eigenvalue weighted by molar-refractivity contribution is -0.125. The highest BCUT2D eigenvalue weighted by atomic mass is 16.5. The van der Waals surface area contributed by atoms with Gasteiger partial charge in [-0.05, 0) is 45.4 Å². The second kappa shape index (κ2) is 7.09. The van der Waals surface area contributed by atoms with Gasteiger partial charge in [0.15, 0.2) is 0 Å². The number of ether oxygens (including phenoxy) is 1. The van der Waals surface area contributed by atoms with E-state index in [4.69, 9.17) is 9.84 Å². The Hall–Kier alpha value is -1.83. The van der Waals surface area contributed by atoms with Crippen LogP contribution in [0.25, 0.3) is 0 Å². The lowest BCUT2D eigenvalue weighted by Gasteiger charge is -2.19. The number of nitrogens with one attached hydrogen (secondary N) is 1. The summed E-state index contributed by atoms with van der Waals surface area (Å²) in [5.74, 6) is 5.18. The van der Waals surface area contributed by atoms with E-state index in [1.165, 1.54) is 0 Å². The molecule has 0 fully saturated rings. The van der Waals surface area contributed by atoms with Crippen LogP contribution in [0.5, 0.6) is 0 Å². The molecule has 0 aliphatic heterocycles. The summed E-state index contributed by atoms with van der Waals surface area (Å²) in [6.45, 7) is 7.40. The Kier molecular flexibility index (Phi) is 5.75. The highest BCUT2D eigenvalue weighted by Crippen LogP contribution is 2.16. The maximum absolute atomic E-state index is 11.8. The van der Waals surface area contributed by atoms with Gasteiger partial charge in [0.1, 0.15) is 13.2 Å². The SMILES string of the molecule is Cc1ccc(NC(=O)COC(C)(C)C)c(C#CCO)c1. The van der Waals surface area contributed by atoms with Gasteiger partial charge in [0, 0.05) is 5.56 Å². The molecule has 0 aliphatic carbocycles. The van der Waals surface area contributed by atoms with Gasteiger partial charge in [-0.1, -0.05) is 17.9 Å². The second-order valence-corrected chi connectivity index (χ2v) is 5.46. The predicted molar refractivity (Wildman–Crippen MR) is 79.5 cm³/mol. The molecule has 108 valence electrons. The highest BCUT2D eigenvalue weighted by Gasteiger charge is 2.13. The van der Waals surface area contributed by atoms with Crippen molar-refractivity contribution in [3.8, 4) is 11.8 Å². The number of anilines is 1. The van der Waals surface area contributed by atoms with Crippen LogP contribution in [0.4, 0.5) is 5.69 Å². The van der Waals surface area contributed by atoms with Gasteiger partial charge < -0.3 is 15.2 Å². The van der Waals surface area contributed by atoms with E-state index in [1.54, 1.807) is 6.07 Å². The fourth-order valence-electron chi connectivity index (χ4n) is 1.47. The Morgan fingerprint density at radius 2 is 2.10 bits per heavy atom. The number of rotatable bonds is 3. The van der Waals surface area contributed by atoms with Crippen LogP contribution in [0.15, 0.2) is 18.2 Å². The molecular formula is C16H21NO3. The molecule has 0 bridgehead atoms. The number of hydrogen-bond donors (Lipinski definition) is 2. The number of aryl methyl sites for hydroxylation is 1. The van der Waals surface area contributed by atoms with Crippen LogP contribution in [-0.4, -0.2) is 29.8 Å². The summed E-state index contributed by atoms with van der Waals surface area (Å²) >= 11 is 0. The smallest absolute Gasteiger partial charge is 0.250 e. The van der Waals surface area contributed by atoms with Crippen molar-refractivity contribution < 1.29 is 14.6 Å². The van der Waals surface area contributed by atoms with E-state index >= 15 is 0 Å². The van der Waals surface area contributed by atoms with E-state index in [0.29, 0.717) is 11.3 Å². The van der Waals surface area contributed by atoms with Crippen LogP contribution in [0.3, 0.4) is 0 Å². The highest BCUT2D eigenvalue weighted by molar-refractivity contribution is 5.93. The average molecular weight is 275 g/mol. The quantitative estimate of drug-likeness (QED) is 0.830. The lowest BCUT2D eigenvalue weighted by atomic mass is 10.1. The molecule has 4 heteroatoms. The van der Waals surface area contributed by atoms with Gasteiger partial charge in [0.2, 0.25) is 5.91 Å². The van der Waals surface area contributed by atoms with Crippen molar-refractivity contribution in [3.05, 3.63) is 29.3 Å². The third-order valence-electron chi connectivity index (χ3n) is 2.39. The Morgan fingerprint density at radius 1 is 1.40 bits per heavy atom. The van der Waals surface area contributed by atoms with E-state index in [1.807, 2.05) is 39.8 Å². The van der Waals surface area contributed by atoms with Gasteiger partial charge in [-0.2, -0.15) is 0 Å². The van der Waals surface area contributed by atoms with Crippen molar-refractivity contribution >= 4 is 11.6 Å². The number of carbonyl (C=O) groups is 1. The van der Waals surface area contributed by atoms with Crippen LogP contribution in [0.2, 0.25) is 0 Å².